The predicted octanol–water partition coefficient (Wildman–Crippen LogP) is 1.89. The number of aromatic nitrogens is 3. The van der Waals surface area contributed by atoms with Gasteiger partial charge in [-0.2, -0.15) is 0 Å². The Bertz CT molecular complexity index is 1020. The molecule has 3 heterocycles. The van der Waals surface area contributed by atoms with Crippen LogP contribution in [0.5, 0.6) is 0 Å². The van der Waals surface area contributed by atoms with Crippen LogP contribution in [0.25, 0.3) is 10.2 Å². The van der Waals surface area contributed by atoms with Crippen molar-refractivity contribution in [2.24, 2.45) is 0 Å². The lowest BCUT2D eigenvalue weighted by Crippen LogP contribution is -2.49. The summed E-state index contributed by atoms with van der Waals surface area (Å²) in [5.41, 5.74) is 1.87. The third-order valence-corrected chi connectivity index (χ3v) is 5.95. The molecule has 3 aromatic rings. The van der Waals surface area contributed by atoms with E-state index in [1.165, 1.54) is 4.70 Å². The van der Waals surface area contributed by atoms with Crippen LogP contribution in [0.2, 0.25) is 0 Å². The van der Waals surface area contributed by atoms with E-state index in [0.717, 1.165) is 23.7 Å². The van der Waals surface area contributed by atoms with Crippen molar-refractivity contribution >= 4 is 32.6 Å². The van der Waals surface area contributed by atoms with Crippen LogP contribution in [0.3, 0.4) is 0 Å². The quantitative estimate of drug-likeness (QED) is 0.747. The number of thiazole rings is 1. The van der Waals surface area contributed by atoms with Crippen LogP contribution in [-0.4, -0.2) is 51.9 Å². The number of fused-ring (bicyclic) bond motifs is 1. The Labute approximate surface area is 160 Å². The highest BCUT2D eigenvalue weighted by Crippen LogP contribution is 2.29. The lowest BCUT2D eigenvalue weighted by molar-refractivity contribution is -0.130. The number of H-pyrrole nitrogens is 1. The van der Waals surface area contributed by atoms with Gasteiger partial charge in [0, 0.05) is 37.4 Å². The fourth-order valence-electron chi connectivity index (χ4n) is 3.36. The molecule has 0 spiro atoms. The van der Waals surface area contributed by atoms with Crippen molar-refractivity contribution in [3.8, 4) is 0 Å². The van der Waals surface area contributed by atoms with Crippen LogP contribution in [0.4, 0.5) is 5.13 Å². The van der Waals surface area contributed by atoms with E-state index in [9.17, 15) is 9.59 Å². The highest BCUT2D eigenvalue weighted by Gasteiger charge is 2.24. The standard InChI is InChI=1S/C19H21N5O2S/c1-12-14(18(26)21-13(2)20-12)11-17(25)23-7-9-24(10-8-23)19-22-15-5-3-4-6-16(15)27-19/h3-6H,7-11H2,1-2H3,(H,20,21,26). The van der Waals surface area contributed by atoms with Gasteiger partial charge >= 0.3 is 0 Å². The molecule has 7 nitrogen and oxygen atoms in total. The van der Waals surface area contributed by atoms with Crippen molar-refractivity contribution < 1.29 is 4.79 Å². The molecule has 140 valence electrons. The molecule has 0 atom stereocenters. The zero-order valence-electron chi connectivity index (χ0n) is 15.4. The molecule has 1 fully saturated rings. The number of anilines is 1. The van der Waals surface area contributed by atoms with E-state index in [2.05, 4.69) is 20.9 Å². The molecule has 1 N–H and O–H groups in total. The van der Waals surface area contributed by atoms with Crippen LogP contribution < -0.4 is 10.5 Å². The summed E-state index contributed by atoms with van der Waals surface area (Å²) in [7, 11) is 0. The monoisotopic (exact) mass is 383 g/mol. The molecule has 1 saturated heterocycles. The Balaban J connectivity index is 1.41. The molecule has 4 rings (SSSR count). The number of para-hydroxylation sites is 1. The first kappa shape index (κ1) is 17.7. The molecule has 0 unspecified atom stereocenters. The van der Waals surface area contributed by atoms with Crippen molar-refractivity contribution in [1.82, 2.24) is 19.9 Å². The number of aromatic amines is 1. The lowest BCUT2D eigenvalue weighted by Gasteiger charge is -2.34. The predicted molar refractivity (Wildman–Crippen MR) is 106 cm³/mol. The average Bonchev–Trinajstić information content (AvgIpc) is 3.09. The minimum absolute atomic E-state index is 0.0294. The van der Waals surface area contributed by atoms with Crippen molar-refractivity contribution in [3.63, 3.8) is 0 Å². The number of hydrogen-bond donors (Lipinski definition) is 1. The molecule has 1 aromatic carbocycles. The van der Waals surface area contributed by atoms with E-state index >= 15 is 0 Å². The summed E-state index contributed by atoms with van der Waals surface area (Å²) in [6.07, 6.45) is 0.0928. The highest BCUT2D eigenvalue weighted by atomic mass is 32.1. The Morgan fingerprint density at radius 1 is 1.15 bits per heavy atom. The van der Waals surface area contributed by atoms with Crippen LogP contribution in [0.15, 0.2) is 29.1 Å². The van der Waals surface area contributed by atoms with Gasteiger partial charge in [0.2, 0.25) is 5.91 Å². The Morgan fingerprint density at radius 2 is 1.89 bits per heavy atom. The summed E-state index contributed by atoms with van der Waals surface area (Å²) in [6, 6.07) is 8.10. The number of aryl methyl sites for hydroxylation is 2. The van der Waals surface area contributed by atoms with Gasteiger partial charge in [0.1, 0.15) is 5.82 Å². The highest BCUT2D eigenvalue weighted by molar-refractivity contribution is 7.22. The van der Waals surface area contributed by atoms with E-state index < -0.39 is 0 Å². The summed E-state index contributed by atoms with van der Waals surface area (Å²) in [4.78, 5) is 40.5. The van der Waals surface area contributed by atoms with Gasteiger partial charge in [0.05, 0.1) is 16.6 Å². The molecule has 1 aliphatic rings. The second kappa shape index (κ2) is 7.11. The van der Waals surface area contributed by atoms with E-state index in [1.54, 1.807) is 25.2 Å². The summed E-state index contributed by atoms with van der Waals surface area (Å²) in [6.45, 7) is 6.26. The van der Waals surface area contributed by atoms with Crippen LogP contribution in [0, 0.1) is 13.8 Å². The third kappa shape index (κ3) is 3.57. The first-order valence-electron chi connectivity index (χ1n) is 8.96. The third-order valence-electron chi connectivity index (χ3n) is 4.85. The molecule has 1 amide bonds. The van der Waals surface area contributed by atoms with E-state index in [1.807, 2.05) is 23.1 Å². The van der Waals surface area contributed by atoms with E-state index in [-0.39, 0.29) is 17.9 Å². The zero-order chi connectivity index (χ0) is 19.0. The van der Waals surface area contributed by atoms with Crippen molar-refractivity contribution in [3.05, 3.63) is 51.7 Å². The number of hydrogen-bond acceptors (Lipinski definition) is 6. The number of piperazine rings is 1. The van der Waals surface area contributed by atoms with Gasteiger partial charge in [-0.3, -0.25) is 9.59 Å². The van der Waals surface area contributed by atoms with Gasteiger partial charge in [-0.1, -0.05) is 23.5 Å². The zero-order valence-corrected chi connectivity index (χ0v) is 16.2. The van der Waals surface area contributed by atoms with E-state index in [4.69, 9.17) is 4.98 Å². The molecule has 0 bridgehead atoms. The molecular weight excluding hydrogens is 362 g/mol. The fourth-order valence-corrected chi connectivity index (χ4v) is 4.38. The molecule has 0 saturated carbocycles. The first-order chi connectivity index (χ1) is 13.0. The van der Waals surface area contributed by atoms with Gasteiger partial charge in [-0.15, -0.1) is 0 Å². The second-order valence-electron chi connectivity index (χ2n) is 6.72. The summed E-state index contributed by atoms with van der Waals surface area (Å²) >= 11 is 1.68. The Kier molecular flexibility index (Phi) is 4.65. The number of rotatable bonds is 3. The van der Waals surface area contributed by atoms with Gasteiger partial charge in [0.25, 0.3) is 5.56 Å². The minimum Gasteiger partial charge on any atom is -0.345 e. The lowest BCUT2D eigenvalue weighted by atomic mass is 10.1. The smallest absolute Gasteiger partial charge is 0.254 e. The van der Waals surface area contributed by atoms with Crippen molar-refractivity contribution in [2.45, 2.75) is 20.3 Å². The van der Waals surface area contributed by atoms with Gasteiger partial charge < -0.3 is 14.8 Å². The first-order valence-corrected chi connectivity index (χ1v) is 9.77. The topological polar surface area (TPSA) is 82.2 Å². The van der Waals surface area contributed by atoms with Crippen molar-refractivity contribution in [1.29, 1.82) is 0 Å². The second-order valence-corrected chi connectivity index (χ2v) is 7.73. The molecule has 0 aliphatic carbocycles. The summed E-state index contributed by atoms with van der Waals surface area (Å²) < 4.78 is 1.17. The molecule has 0 radical (unpaired) electrons. The maximum atomic E-state index is 12.7. The van der Waals surface area contributed by atoms with Gasteiger partial charge in [0.15, 0.2) is 5.13 Å². The number of carbonyl (C=O) groups excluding carboxylic acids is 1. The SMILES string of the molecule is Cc1nc(C)c(CC(=O)N2CCN(c3nc4ccccc4s3)CC2)c(=O)[nH]1. The number of amides is 1. The fraction of sp³-hybridized carbons (Fsp3) is 0.368. The number of carbonyl (C=O) groups is 1. The maximum Gasteiger partial charge on any atom is 0.254 e. The molecule has 2 aromatic heterocycles. The van der Waals surface area contributed by atoms with Crippen LogP contribution in [0.1, 0.15) is 17.1 Å². The van der Waals surface area contributed by atoms with Crippen LogP contribution >= 0.6 is 11.3 Å². The Hall–Kier alpha value is -2.74. The number of benzene rings is 1. The van der Waals surface area contributed by atoms with Crippen molar-refractivity contribution in [2.75, 3.05) is 31.1 Å². The van der Waals surface area contributed by atoms with Gasteiger partial charge in [-0.25, -0.2) is 9.97 Å². The molecule has 8 heteroatoms. The minimum atomic E-state index is -0.221. The average molecular weight is 383 g/mol. The molecule has 27 heavy (non-hydrogen) atoms. The summed E-state index contributed by atoms with van der Waals surface area (Å²) in [5, 5.41) is 0.998. The number of nitrogens with zero attached hydrogens (tertiary/aromatic N) is 4. The van der Waals surface area contributed by atoms with E-state index in [0.29, 0.717) is 30.2 Å². The largest absolute Gasteiger partial charge is 0.345 e. The normalized spacial score (nSPS) is 14.7. The molecule has 1 aliphatic heterocycles. The maximum absolute atomic E-state index is 12.7. The van der Waals surface area contributed by atoms with Gasteiger partial charge in [-0.05, 0) is 26.0 Å². The number of nitrogens with one attached hydrogen (secondary N) is 1. The Morgan fingerprint density at radius 3 is 2.59 bits per heavy atom. The summed E-state index contributed by atoms with van der Waals surface area (Å²) in [5.74, 6) is 0.538. The van der Waals surface area contributed by atoms with Crippen LogP contribution in [-0.2, 0) is 11.2 Å². The molecular formula is C19H21N5O2S.